The van der Waals surface area contributed by atoms with E-state index in [0.717, 1.165) is 17.6 Å². The van der Waals surface area contributed by atoms with E-state index >= 15 is 0 Å². The zero-order chi connectivity index (χ0) is 14.9. The summed E-state index contributed by atoms with van der Waals surface area (Å²) in [7, 11) is 0. The van der Waals surface area contributed by atoms with Crippen LogP contribution in [0, 0.1) is 11.3 Å². The summed E-state index contributed by atoms with van der Waals surface area (Å²) in [5.41, 5.74) is 3.84. The van der Waals surface area contributed by atoms with Crippen LogP contribution in [-0.4, -0.2) is 22.4 Å². The first-order valence-electron chi connectivity index (χ1n) is 7.75. The van der Waals surface area contributed by atoms with Crippen molar-refractivity contribution >= 4 is 0 Å². The lowest BCUT2D eigenvalue weighted by Crippen LogP contribution is -2.26. The molecule has 0 bridgehead atoms. The van der Waals surface area contributed by atoms with Crippen molar-refractivity contribution in [3.05, 3.63) is 34.9 Å². The van der Waals surface area contributed by atoms with Gasteiger partial charge in [-0.2, -0.15) is 0 Å². The second-order valence-electron chi connectivity index (χ2n) is 7.10. The van der Waals surface area contributed by atoms with Gasteiger partial charge in [0.1, 0.15) is 0 Å². The van der Waals surface area contributed by atoms with Crippen LogP contribution in [0.25, 0.3) is 0 Å². The molecule has 20 heavy (non-hydrogen) atoms. The molecule has 2 N–H and O–H groups in total. The van der Waals surface area contributed by atoms with Crippen molar-refractivity contribution in [2.24, 2.45) is 11.3 Å². The predicted molar refractivity (Wildman–Crippen MR) is 83.3 cm³/mol. The molecular weight excluding hydrogens is 248 g/mol. The van der Waals surface area contributed by atoms with Crippen LogP contribution in [0.2, 0.25) is 0 Å². The van der Waals surface area contributed by atoms with Crippen molar-refractivity contribution in [1.82, 2.24) is 0 Å². The summed E-state index contributed by atoms with van der Waals surface area (Å²) in [6.07, 6.45) is 9.22. The number of aliphatic hydroxyl groups excluding tert-OH is 2. The van der Waals surface area contributed by atoms with Crippen LogP contribution in [0.1, 0.15) is 53.4 Å². The van der Waals surface area contributed by atoms with Crippen LogP contribution in [0.15, 0.2) is 34.9 Å². The normalized spacial score (nSPS) is 34.5. The molecule has 0 amide bonds. The average Bonchev–Trinajstić information content (AvgIpc) is 2.36. The Hall–Kier alpha value is -0.860. The van der Waals surface area contributed by atoms with Crippen molar-refractivity contribution in [2.75, 3.05) is 0 Å². The maximum absolute atomic E-state index is 9.92. The molecule has 0 radical (unpaired) electrons. The Morgan fingerprint density at radius 2 is 1.95 bits per heavy atom. The van der Waals surface area contributed by atoms with Crippen molar-refractivity contribution in [2.45, 2.75) is 65.6 Å². The summed E-state index contributed by atoms with van der Waals surface area (Å²) < 4.78 is 0. The molecule has 0 aromatic carbocycles. The van der Waals surface area contributed by atoms with E-state index in [9.17, 15) is 10.2 Å². The molecule has 2 heteroatoms. The van der Waals surface area contributed by atoms with Gasteiger partial charge in [-0.25, -0.2) is 0 Å². The fourth-order valence-corrected chi connectivity index (χ4v) is 3.21. The quantitative estimate of drug-likeness (QED) is 0.806. The molecule has 0 saturated carbocycles. The van der Waals surface area contributed by atoms with Gasteiger partial charge in [0.25, 0.3) is 0 Å². The third-order valence-corrected chi connectivity index (χ3v) is 5.28. The highest BCUT2D eigenvalue weighted by atomic mass is 16.3. The molecule has 3 unspecified atom stereocenters. The maximum Gasteiger partial charge on any atom is 0.0777 e. The predicted octanol–water partition coefficient (Wildman–Crippen LogP) is 3.76. The van der Waals surface area contributed by atoms with Crippen LogP contribution in [0.3, 0.4) is 0 Å². The molecule has 0 saturated heterocycles. The van der Waals surface area contributed by atoms with E-state index in [0.29, 0.717) is 24.2 Å². The second kappa shape index (κ2) is 5.87. The highest BCUT2D eigenvalue weighted by molar-refractivity contribution is 5.36. The van der Waals surface area contributed by atoms with E-state index in [1.54, 1.807) is 0 Å². The molecule has 2 aliphatic rings. The number of allylic oxidation sites excluding steroid dienone is 4. The molecule has 2 rings (SSSR count). The highest BCUT2D eigenvalue weighted by Crippen LogP contribution is 2.41. The SMILES string of the molecule is CC1=C(C=CC2=CCCC(C)(C)C2C)CC(O)CC1O. The number of hydrogen-bond donors (Lipinski definition) is 2. The Morgan fingerprint density at radius 1 is 1.25 bits per heavy atom. The molecule has 112 valence electrons. The van der Waals surface area contributed by atoms with E-state index < -0.39 is 12.2 Å². The summed E-state index contributed by atoms with van der Waals surface area (Å²) in [5.74, 6) is 0.548. The first kappa shape index (κ1) is 15.5. The Labute approximate surface area is 122 Å². The zero-order valence-electron chi connectivity index (χ0n) is 13.2. The van der Waals surface area contributed by atoms with Crippen LogP contribution in [0.4, 0.5) is 0 Å². The van der Waals surface area contributed by atoms with E-state index in [1.807, 2.05) is 6.92 Å². The van der Waals surface area contributed by atoms with E-state index in [1.165, 1.54) is 12.0 Å². The van der Waals surface area contributed by atoms with Gasteiger partial charge in [0, 0.05) is 6.42 Å². The smallest absolute Gasteiger partial charge is 0.0777 e. The van der Waals surface area contributed by atoms with E-state index in [2.05, 4.69) is 39.0 Å². The highest BCUT2D eigenvalue weighted by Gasteiger charge is 2.30. The minimum atomic E-state index is -0.493. The van der Waals surface area contributed by atoms with Gasteiger partial charge in [0.15, 0.2) is 0 Å². The van der Waals surface area contributed by atoms with Gasteiger partial charge in [0.05, 0.1) is 12.2 Å². The van der Waals surface area contributed by atoms with Crippen molar-refractivity contribution in [3.63, 3.8) is 0 Å². The van der Waals surface area contributed by atoms with E-state index in [-0.39, 0.29) is 0 Å². The lowest BCUT2D eigenvalue weighted by Gasteiger charge is -2.36. The van der Waals surface area contributed by atoms with Crippen molar-refractivity contribution in [1.29, 1.82) is 0 Å². The van der Waals surface area contributed by atoms with Gasteiger partial charge in [-0.3, -0.25) is 0 Å². The Kier molecular flexibility index (Phi) is 4.55. The summed E-state index contributed by atoms with van der Waals surface area (Å²) in [6.45, 7) is 8.92. The molecule has 0 heterocycles. The van der Waals surface area contributed by atoms with Gasteiger partial charge in [-0.1, -0.05) is 39.0 Å². The second-order valence-corrected chi connectivity index (χ2v) is 7.10. The Bertz CT molecular complexity index is 454. The molecule has 3 atom stereocenters. The lowest BCUT2D eigenvalue weighted by molar-refractivity contribution is 0.0879. The van der Waals surface area contributed by atoms with Crippen LogP contribution < -0.4 is 0 Å². The third-order valence-electron chi connectivity index (χ3n) is 5.28. The number of aliphatic hydroxyl groups is 2. The standard InChI is InChI=1S/C18H28O2/c1-12-15(10-16(19)11-17(12)20)8-7-14-6-5-9-18(3,4)13(14)2/h6-8,13,16-17,19-20H,5,9-11H2,1-4H3. The molecule has 0 aromatic rings. The maximum atomic E-state index is 9.92. The van der Waals surface area contributed by atoms with Crippen LogP contribution in [-0.2, 0) is 0 Å². The number of hydrogen-bond acceptors (Lipinski definition) is 2. The monoisotopic (exact) mass is 276 g/mol. The lowest BCUT2D eigenvalue weighted by atomic mass is 9.69. The minimum absolute atomic E-state index is 0.351. The molecule has 0 aliphatic heterocycles. The molecular formula is C18H28O2. The fraction of sp³-hybridized carbons (Fsp3) is 0.667. The first-order valence-corrected chi connectivity index (χ1v) is 7.75. The summed E-state index contributed by atoms with van der Waals surface area (Å²) >= 11 is 0. The van der Waals surface area contributed by atoms with Gasteiger partial charge >= 0.3 is 0 Å². The Morgan fingerprint density at radius 3 is 2.65 bits per heavy atom. The third kappa shape index (κ3) is 3.24. The first-order chi connectivity index (χ1) is 9.31. The van der Waals surface area contributed by atoms with Gasteiger partial charge < -0.3 is 10.2 Å². The molecule has 0 spiro atoms. The molecule has 2 aliphatic carbocycles. The van der Waals surface area contributed by atoms with Gasteiger partial charge in [-0.05, 0) is 54.2 Å². The number of rotatable bonds is 2. The summed E-state index contributed by atoms with van der Waals surface area (Å²) in [4.78, 5) is 0. The van der Waals surface area contributed by atoms with Gasteiger partial charge in [0.2, 0.25) is 0 Å². The van der Waals surface area contributed by atoms with Crippen molar-refractivity contribution in [3.8, 4) is 0 Å². The van der Waals surface area contributed by atoms with E-state index in [4.69, 9.17) is 0 Å². The van der Waals surface area contributed by atoms with Crippen LogP contribution in [0.5, 0.6) is 0 Å². The summed E-state index contributed by atoms with van der Waals surface area (Å²) in [5, 5.41) is 19.7. The summed E-state index contributed by atoms with van der Waals surface area (Å²) in [6, 6.07) is 0. The molecule has 0 aromatic heterocycles. The molecule has 2 nitrogen and oxygen atoms in total. The minimum Gasteiger partial charge on any atom is -0.393 e. The largest absolute Gasteiger partial charge is 0.393 e. The Balaban J connectivity index is 2.17. The molecule has 0 fully saturated rings. The average molecular weight is 276 g/mol. The van der Waals surface area contributed by atoms with Gasteiger partial charge in [-0.15, -0.1) is 0 Å². The fourth-order valence-electron chi connectivity index (χ4n) is 3.21. The zero-order valence-corrected chi connectivity index (χ0v) is 13.2. The van der Waals surface area contributed by atoms with Crippen molar-refractivity contribution < 1.29 is 10.2 Å². The van der Waals surface area contributed by atoms with Crippen LogP contribution >= 0.6 is 0 Å². The topological polar surface area (TPSA) is 40.5 Å².